The molecule has 1 aliphatic heterocycles. The minimum absolute atomic E-state index is 0.462. The van der Waals surface area contributed by atoms with Gasteiger partial charge in [0.25, 0.3) is 0 Å². The second kappa shape index (κ2) is 8.51. The summed E-state index contributed by atoms with van der Waals surface area (Å²) in [4.78, 5) is 15.9. The van der Waals surface area contributed by atoms with Crippen molar-refractivity contribution in [2.75, 3.05) is 5.32 Å². The molecular weight excluding hydrogens is 454 g/mol. The number of hydrogen-bond acceptors (Lipinski definition) is 5. The number of amides is 2. The third-order valence-electron chi connectivity index (χ3n) is 4.87. The van der Waals surface area contributed by atoms with Crippen molar-refractivity contribution < 1.29 is 10.0 Å². The predicted molar refractivity (Wildman–Crippen MR) is 130 cm³/mol. The molecule has 0 bridgehead atoms. The highest BCUT2D eigenvalue weighted by Gasteiger charge is 2.50. The topological polar surface area (TPSA) is 84.0 Å². The summed E-state index contributed by atoms with van der Waals surface area (Å²) in [6.45, 7) is 3.79. The number of hydrogen-bond donors (Lipinski definition) is 3. The van der Waals surface area contributed by atoms with Gasteiger partial charge >= 0.3 is 6.03 Å². The van der Waals surface area contributed by atoms with Crippen LogP contribution in [0, 0.1) is 0 Å². The van der Waals surface area contributed by atoms with E-state index in [2.05, 4.69) is 15.4 Å². The summed E-state index contributed by atoms with van der Waals surface area (Å²) in [5.74, 6) is 0. The van der Waals surface area contributed by atoms with Crippen LogP contribution >= 0.6 is 35.6 Å². The number of para-hydroxylation sites is 1. The highest BCUT2D eigenvalue weighted by Crippen LogP contribution is 2.42. The van der Waals surface area contributed by atoms with Gasteiger partial charge in [-0.15, -0.1) is 0 Å². The number of fused-ring (bicyclic) bond motifs is 1. The second-order valence-corrected chi connectivity index (χ2v) is 10.2. The van der Waals surface area contributed by atoms with Crippen LogP contribution in [-0.2, 0) is 0 Å². The number of halogens is 1. The van der Waals surface area contributed by atoms with Gasteiger partial charge in [0.05, 0.1) is 11.0 Å². The first-order valence-electron chi connectivity index (χ1n) is 9.43. The molecule has 2 amide bonds. The average Bonchev–Trinajstić information content (AvgIpc) is 3.24. The Hall–Kier alpha value is -2.59. The molecule has 1 atom stereocenters. The molecule has 2 heterocycles. The van der Waals surface area contributed by atoms with Crippen LogP contribution < -0.4 is 5.32 Å². The molecule has 7 nitrogen and oxygen atoms in total. The fourth-order valence-corrected chi connectivity index (χ4v) is 5.29. The van der Waals surface area contributed by atoms with Crippen molar-refractivity contribution in [1.82, 2.24) is 15.1 Å². The van der Waals surface area contributed by atoms with E-state index < -0.39 is 16.9 Å². The Kier molecular flexibility index (Phi) is 5.94. The molecule has 3 aromatic rings. The second-order valence-electron chi connectivity index (χ2n) is 7.51. The summed E-state index contributed by atoms with van der Waals surface area (Å²) < 4.78 is -0.134. The lowest BCUT2D eigenvalue weighted by Gasteiger charge is -2.34. The summed E-state index contributed by atoms with van der Waals surface area (Å²) >= 11 is 12.7. The molecule has 2 aromatic carbocycles. The SMILES string of the molecule is CC1(C)SC(=S)N(/N=C\c2c[nH]c3ccccc23)[C@@H]1N(O)C(=O)Nc1ccc(Cl)cc1. The van der Waals surface area contributed by atoms with Crippen LogP contribution in [0.25, 0.3) is 10.9 Å². The zero-order valence-electron chi connectivity index (χ0n) is 16.7. The molecule has 0 saturated carbocycles. The molecule has 1 aliphatic rings. The molecule has 3 N–H and O–H groups in total. The first kappa shape index (κ1) is 21.6. The van der Waals surface area contributed by atoms with Gasteiger partial charge in [-0.05, 0) is 44.2 Å². The Morgan fingerprint density at radius 3 is 2.77 bits per heavy atom. The van der Waals surface area contributed by atoms with Gasteiger partial charge in [0.2, 0.25) is 0 Å². The highest BCUT2D eigenvalue weighted by atomic mass is 35.5. The Balaban J connectivity index is 1.58. The van der Waals surface area contributed by atoms with E-state index in [-0.39, 0.29) is 0 Å². The molecular formula is C21H20ClN5O2S2. The third-order valence-corrected chi connectivity index (χ3v) is 6.66. The van der Waals surface area contributed by atoms with Gasteiger partial charge in [-0.25, -0.2) is 9.80 Å². The number of thiocarbonyl (C=S) groups is 1. The molecule has 1 fully saturated rings. The first-order chi connectivity index (χ1) is 14.8. The lowest BCUT2D eigenvalue weighted by molar-refractivity contribution is -0.114. The van der Waals surface area contributed by atoms with E-state index in [9.17, 15) is 10.0 Å². The van der Waals surface area contributed by atoms with Gasteiger partial charge in [0, 0.05) is 33.4 Å². The number of aromatic nitrogens is 1. The van der Waals surface area contributed by atoms with Crippen molar-refractivity contribution in [3.63, 3.8) is 0 Å². The predicted octanol–water partition coefficient (Wildman–Crippen LogP) is 5.52. The molecule has 0 radical (unpaired) electrons. The number of H-pyrrole nitrogens is 1. The van der Waals surface area contributed by atoms with Crippen LogP contribution in [0.2, 0.25) is 5.02 Å². The largest absolute Gasteiger partial charge is 0.361 e. The van der Waals surface area contributed by atoms with Crippen LogP contribution in [0.15, 0.2) is 59.8 Å². The van der Waals surface area contributed by atoms with E-state index in [0.29, 0.717) is 20.1 Å². The monoisotopic (exact) mass is 473 g/mol. The Morgan fingerprint density at radius 2 is 2.03 bits per heavy atom. The number of rotatable bonds is 4. The molecule has 160 valence electrons. The summed E-state index contributed by atoms with van der Waals surface area (Å²) in [6, 6.07) is 13.8. The molecule has 0 aliphatic carbocycles. The van der Waals surface area contributed by atoms with Gasteiger partial charge in [-0.1, -0.05) is 53.8 Å². The van der Waals surface area contributed by atoms with Crippen molar-refractivity contribution >= 4 is 68.7 Å². The molecule has 0 unspecified atom stereocenters. The molecule has 1 aromatic heterocycles. The Bertz CT molecular complexity index is 1160. The Morgan fingerprint density at radius 1 is 1.32 bits per heavy atom. The van der Waals surface area contributed by atoms with Crippen molar-refractivity contribution in [3.8, 4) is 0 Å². The van der Waals surface area contributed by atoms with Crippen LogP contribution in [0.1, 0.15) is 19.4 Å². The van der Waals surface area contributed by atoms with E-state index in [1.807, 2.05) is 44.3 Å². The van der Waals surface area contributed by atoms with Gasteiger partial charge in [0.15, 0.2) is 10.5 Å². The van der Waals surface area contributed by atoms with E-state index in [0.717, 1.165) is 16.5 Å². The summed E-state index contributed by atoms with van der Waals surface area (Å²) in [7, 11) is 0. The molecule has 10 heteroatoms. The van der Waals surface area contributed by atoms with Gasteiger partial charge in [-0.2, -0.15) is 10.2 Å². The fraction of sp³-hybridized carbons (Fsp3) is 0.190. The van der Waals surface area contributed by atoms with Gasteiger partial charge < -0.3 is 10.3 Å². The number of aromatic amines is 1. The third kappa shape index (κ3) is 4.40. The lowest BCUT2D eigenvalue weighted by atomic mass is 10.1. The number of urea groups is 1. The zero-order chi connectivity index (χ0) is 22.2. The minimum Gasteiger partial charge on any atom is -0.361 e. The van der Waals surface area contributed by atoms with Crippen molar-refractivity contribution in [3.05, 3.63) is 65.3 Å². The number of thioether (sulfide) groups is 1. The fourth-order valence-electron chi connectivity index (χ4n) is 3.38. The highest BCUT2D eigenvalue weighted by molar-refractivity contribution is 8.24. The van der Waals surface area contributed by atoms with E-state index in [1.165, 1.54) is 16.8 Å². The molecule has 4 rings (SSSR count). The average molecular weight is 474 g/mol. The molecule has 31 heavy (non-hydrogen) atoms. The Labute approximate surface area is 194 Å². The van der Waals surface area contributed by atoms with Crippen molar-refractivity contribution in [2.45, 2.75) is 24.8 Å². The first-order valence-corrected chi connectivity index (χ1v) is 11.0. The summed E-state index contributed by atoms with van der Waals surface area (Å²) in [6.07, 6.45) is 2.72. The maximum atomic E-state index is 12.7. The lowest BCUT2D eigenvalue weighted by Crippen LogP contribution is -2.54. The number of hydroxylamine groups is 2. The van der Waals surface area contributed by atoms with Crippen LogP contribution in [-0.4, -0.2) is 47.7 Å². The van der Waals surface area contributed by atoms with E-state index in [4.69, 9.17) is 23.8 Å². The molecule has 0 spiro atoms. The standard InChI is InChI=1S/C21H20ClN5O2S2/c1-21(2)18(27(29)19(28)25-15-9-7-14(22)8-10-15)26(20(30)31-21)24-12-13-11-23-17-6-4-3-5-16(13)17/h3-12,18,23,29H,1-2H3,(H,25,28)/b24-12-/t18-/m1/s1. The number of nitrogens with zero attached hydrogens (tertiary/aromatic N) is 3. The zero-order valence-corrected chi connectivity index (χ0v) is 19.1. The van der Waals surface area contributed by atoms with E-state index >= 15 is 0 Å². The smallest absolute Gasteiger partial charge is 0.347 e. The van der Waals surface area contributed by atoms with E-state index in [1.54, 1.807) is 30.5 Å². The van der Waals surface area contributed by atoms with Gasteiger partial charge in [0.1, 0.15) is 0 Å². The summed E-state index contributed by atoms with van der Waals surface area (Å²) in [5.41, 5.74) is 2.38. The number of carbonyl (C=O) groups is 1. The van der Waals surface area contributed by atoms with Crippen LogP contribution in [0.5, 0.6) is 0 Å². The van der Waals surface area contributed by atoms with Crippen LogP contribution in [0.4, 0.5) is 10.5 Å². The van der Waals surface area contributed by atoms with Gasteiger partial charge in [-0.3, -0.25) is 5.21 Å². The number of benzene rings is 2. The maximum absolute atomic E-state index is 12.7. The minimum atomic E-state index is -0.807. The van der Waals surface area contributed by atoms with Crippen LogP contribution in [0.3, 0.4) is 0 Å². The molecule has 1 saturated heterocycles. The maximum Gasteiger partial charge on any atom is 0.347 e. The number of hydrazone groups is 1. The van der Waals surface area contributed by atoms with Crippen molar-refractivity contribution in [2.24, 2.45) is 5.10 Å². The van der Waals surface area contributed by atoms with Crippen molar-refractivity contribution in [1.29, 1.82) is 0 Å². The summed E-state index contributed by atoms with van der Waals surface area (Å²) in [5, 5.41) is 21.7. The number of nitrogens with one attached hydrogen (secondary N) is 2. The number of anilines is 1. The quantitative estimate of drug-likeness (QED) is 0.201. The number of carbonyl (C=O) groups excluding carboxylic acids is 1. The normalized spacial score (nSPS) is 18.1.